The van der Waals surface area contributed by atoms with Crippen LogP contribution in [-0.4, -0.2) is 14.8 Å². The lowest BCUT2D eigenvalue weighted by Crippen LogP contribution is -2.18. The van der Waals surface area contributed by atoms with Crippen molar-refractivity contribution in [3.05, 3.63) is 47.5 Å². The van der Waals surface area contributed by atoms with Crippen molar-refractivity contribution >= 4 is 0 Å². The SMILES string of the molecule is CCn1cc(C(C)NCc2cccnc2C)cn1. The van der Waals surface area contributed by atoms with Crippen LogP contribution in [0, 0.1) is 6.92 Å². The minimum Gasteiger partial charge on any atom is -0.306 e. The fourth-order valence-electron chi connectivity index (χ4n) is 1.86. The van der Waals surface area contributed by atoms with Gasteiger partial charge in [0.15, 0.2) is 0 Å². The Labute approximate surface area is 108 Å². The predicted octanol–water partition coefficient (Wildman–Crippen LogP) is 2.46. The molecule has 96 valence electrons. The van der Waals surface area contributed by atoms with E-state index in [9.17, 15) is 0 Å². The van der Waals surface area contributed by atoms with Crippen LogP contribution in [0.1, 0.15) is 36.7 Å². The van der Waals surface area contributed by atoms with Crippen LogP contribution in [0.15, 0.2) is 30.7 Å². The molecule has 0 aliphatic carbocycles. The number of aryl methyl sites for hydroxylation is 2. The summed E-state index contributed by atoms with van der Waals surface area (Å²) >= 11 is 0. The number of hydrogen-bond donors (Lipinski definition) is 1. The van der Waals surface area contributed by atoms with Gasteiger partial charge in [0, 0.05) is 42.8 Å². The zero-order valence-electron chi connectivity index (χ0n) is 11.2. The van der Waals surface area contributed by atoms with Crippen molar-refractivity contribution in [2.24, 2.45) is 0 Å². The van der Waals surface area contributed by atoms with Crippen LogP contribution in [0.25, 0.3) is 0 Å². The van der Waals surface area contributed by atoms with Crippen molar-refractivity contribution in [1.29, 1.82) is 0 Å². The molecular weight excluding hydrogens is 224 g/mol. The van der Waals surface area contributed by atoms with Gasteiger partial charge in [0.25, 0.3) is 0 Å². The summed E-state index contributed by atoms with van der Waals surface area (Å²) < 4.78 is 1.95. The molecule has 0 radical (unpaired) electrons. The summed E-state index contributed by atoms with van der Waals surface area (Å²) in [6, 6.07) is 4.38. The van der Waals surface area contributed by atoms with Gasteiger partial charge in [0.1, 0.15) is 0 Å². The van der Waals surface area contributed by atoms with Gasteiger partial charge >= 0.3 is 0 Å². The van der Waals surface area contributed by atoms with Gasteiger partial charge in [-0.1, -0.05) is 6.07 Å². The molecule has 2 aromatic rings. The maximum atomic E-state index is 4.29. The number of pyridine rings is 1. The molecule has 0 amide bonds. The largest absolute Gasteiger partial charge is 0.306 e. The molecule has 0 bridgehead atoms. The van der Waals surface area contributed by atoms with E-state index in [1.807, 2.05) is 30.1 Å². The maximum Gasteiger partial charge on any atom is 0.0537 e. The highest BCUT2D eigenvalue weighted by Gasteiger charge is 2.08. The van der Waals surface area contributed by atoms with E-state index in [2.05, 4.69) is 41.5 Å². The molecule has 1 atom stereocenters. The smallest absolute Gasteiger partial charge is 0.0537 e. The average Bonchev–Trinajstić information content (AvgIpc) is 2.86. The molecule has 2 heterocycles. The number of aromatic nitrogens is 3. The normalized spacial score (nSPS) is 12.6. The van der Waals surface area contributed by atoms with E-state index in [-0.39, 0.29) is 0 Å². The number of nitrogens with zero attached hydrogens (tertiary/aromatic N) is 3. The summed E-state index contributed by atoms with van der Waals surface area (Å²) in [4.78, 5) is 4.29. The van der Waals surface area contributed by atoms with Crippen LogP contribution in [0.2, 0.25) is 0 Å². The molecule has 1 unspecified atom stereocenters. The molecule has 0 saturated carbocycles. The first-order valence-electron chi connectivity index (χ1n) is 6.37. The first-order chi connectivity index (χ1) is 8.70. The number of hydrogen-bond acceptors (Lipinski definition) is 3. The van der Waals surface area contributed by atoms with E-state index in [1.165, 1.54) is 11.1 Å². The molecule has 18 heavy (non-hydrogen) atoms. The molecule has 2 aromatic heterocycles. The lowest BCUT2D eigenvalue weighted by molar-refractivity contribution is 0.570. The van der Waals surface area contributed by atoms with Crippen molar-refractivity contribution < 1.29 is 0 Å². The molecule has 0 spiro atoms. The van der Waals surface area contributed by atoms with Crippen LogP contribution < -0.4 is 5.32 Å². The quantitative estimate of drug-likeness (QED) is 0.878. The first-order valence-corrected chi connectivity index (χ1v) is 6.37. The Bertz CT molecular complexity index is 504. The van der Waals surface area contributed by atoms with Crippen LogP contribution in [-0.2, 0) is 13.1 Å². The third-order valence-electron chi connectivity index (χ3n) is 3.19. The Morgan fingerprint density at radius 1 is 1.44 bits per heavy atom. The van der Waals surface area contributed by atoms with Crippen LogP contribution in [0.4, 0.5) is 0 Å². The van der Waals surface area contributed by atoms with Crippen molar-refractivity contribution in [2.75, 3.05) is 0 Å². The summed E-state index contributed by atoms with van der Waals surface area (Å²) in [5.74, 6) is 0. The second kappa shape index (κ2) is 5.78. The molecule has 4 nitrogen and oxygen atoms in total. The second-order valence-corrected chi connectivity index (χ2v) is 4.48. The molecular formula is C14H20N4. The Morgan fingerprint density at radius 2 is 2.28 bits per heavy atom. The summed E-state index contributed by atoms with van der Waals surface area (Å²) in [7, 11) is 0. The topological polar surface area (TPSA) is 42.7 Å². The molecule has 1 N–H and O–H groups in total. The molecule has 0 fully saturated rings. The summed E-state index contributed by atoms with van der Waals surface area (Å²) in [6.07, 6.45) is 5.85. The minimum absolute atomic E-state index is 0.296. The molecule has 0 saturated heterocycles. The average molecular weight is 244 g/mol. The Morgan fingerprint density at radius 3 is 2.94 bits per heavy atom. The van der Waals surface area contributed by atoms with Gasteiger partial charge in [0.05, 0.1) is 6.20 Å². The van der Waals surface area contributed by atoms with Crippen LogP contribution in [0.3, 0.4) is 0 Å². The third-order valence-corrected chi connectivity index (χ3v) is 3.19. The minimum atomic E-state index is 0.296. The highest BCUT2D eigenvalue weighted by Crippen LogP contribution is 2.12. The van der Waals surface area contributed by atoms with E-state index >= 15 is 0 Å². The summed E-state index contributed by atoms with van der Waals surface area (Å²) in [5.41, 5.74) is 3.55. The summed E-state index contributed by atoms with van der Waals surface area (Å²) in [6.45, 7) is 8.03. The van der Waals surface area contributed by atoms with Crippen molar-refractivity contribution in [1.82, 2.24) is 20.1 Å². The van der Waals surface area contributed by atoms with Gasteiger partial charge in [-0.15, -0.1) is 0 Å². The zero-order chi connectivity index (χ0) is 13.0. The Kier molecular flexibility index (Phi) is 4.10. The maximum absolute atomic E-state index is 4.29. The fraction of sp³-hybridized carbons (Fsp3) is 0.429. The second-order valence-electron chi connectivity index (χ2n) is 4.48. The van der Waals surface area contributed by atoms with E-state index in [0.717, 1.165) is 18.8 Å². The van der Waals surface area contributed by atoms with Gasteiger partial charge in [-0.05, 0) is 32.4 Å². The van der Waals surface area contributed by atoms with E-state index < -0.39 is 0 Å². The van der Waals surface area contributed by atoms with Crippen molar-refractivity contribution in [3.63, 3.8) is 0 Å². The van der Waals surface area contributed by atoms with Crippen molar-refractivity contribution in [3.8, 4) is 0 Å². The first kappa shape index (κ1) is 12.8. The molecule has 2 rings (SSSR count). The monoisotopic (exact) mass is 244 g/mol. The molecule has 0 aromatic carbocycles. The van der Waals surface area contributed by atoms with E-state index in [4.69, 9.17) is 0 Å². The van der Waals surface area contributed by atoms with Gasteiger partial charge in [-0.2, -0.15) is 5.10 Å². The zero-order valence-corrected chi connectivity index (χ0v) is 11.2. The fourth-order valence-corrected chi connectivity index (χ4v) is 1.86. The third kappa shape index (κ3) is 2.96. The van der Waals surface area contributed by atoms with Gasteiger partial charge < -0.3 is 5.32 Å². The van der Waals surface area contributed by atoms with Crippen LogP contribution >= 0.6 is 0 Å². The lowest BCUT2D eigenvalue weighted by Gasteiger charge is -2.12. The van der Waals surface area contributed by atoms with E-state index in [0.29, 0.717) is 6.04 Å². The predicted molar refractivity (Wildman–Crippen MR) is 72.1 cm³/mol. The number of rotatable bonds is 5. The van der Waals surface area contributed by atoms with Crippen LogP contribution in [0.5, 0.6) is 0 Å². The van der Waals surface area contributed by atoms with Gasteiger partial charge in [-0.3, -0.25) is 9.67 Å². The van der Waals surface area contributed by atoms with Gasteiger partial charge in [0.2, 0.25) is 0 Å². The van der Waals surface area contributed by atoms with Crippen molar-refractivity contribution in [2.45, 2.75) is 39.9 Å². The highest BCUT2D eigenvalue weighted by molar-refractivity contribution is 5.18. The Balaban J connectivity index is 1.96. The standard InChI is InChI=1S/C14H20N4/c1-4-18-10-14(9-17-18)12(3)16-8-13-6-5-7-15-11(13)2/h5-7,9-10,12,16H,4,8H2,1-3H3. The Hall–Kier alpha value is -1.68. The summed E-state index contributed by atoms with van der Waals surface area (Å²) in [5, 5.41) is 7.79. The molecule has 4 heteroatoms. The highest BCUT2D eigenvalue weighted by atomic mass is 15.3. The lowest BCUT2D eigenvalue weighted by atomic mass is 10.1. The molecule has 0 aliphatic rings. The number of nitrogens with one attached hydrogen (secondary N) is 1. The van der Waals surface area contributed by atoms with E-state index in [1.54, 1.807) is 0 Å². The van der Waals surface area contributed by atoms with Gasteiger partial charge in [-0.25, -0.2) is 0 Å². The molecule has 0 aliphatic heterocycles.